The van der Waals surface area contributed by atoms with Crippen LogP contribution < -0.4 is 5.32 Å². The predicted octanol–water partition coefficient (Wildman–Crippen LogP) is 1.41. The van der Waals surface area contributed by atoms with Gasteiger partial charge in [-0.25, -0.2) is 0 Å². The molecular weight excluding hydrogens is 216 g/mol. The summed E-state index contributed by atoms with van der Waals surface area (Å²) >= 11 is 0. The largest absolute Gasteiger partial charge is 0.356 e. The first-order valence-electron chi connectivity index (χ1n) is 6.54. The fourth-order valence-electron chi connectivity index (χ4n) is 2.11. The van der Waals surface area contributed by atoms with Gasteiger partial charge in [0.25, 0.3) is 0 Å². The molecule has 4 heteroatoms. The lowest BCUT2D eigenvalue weighted by atomic mass is 9.97. The molecule has 1 fully saturated rings. The van der Waals surface area contributed by atoms with Gasteiger partial charge in [-0.2, -0.15) is 0 Å². The molecule has 1 aliphatic rings. The summed E-state index contributed by atoms with van der Waals surface area (Å²) in [5, 5.41) is 2.97. The van der Waals surface area contributed by atoms with Gasteiger partial charge >= 0.3 is 0 Å². The summed E-state index contributed by atoms with van der Waals surface area (Å²) in [5.41, 5.74) is 0. The second kappa shape index (κ2) is 6.62. The topological polar surface area (TPSA) is 49.4 Å². The van der Waals surface area contributed by atoms with Gasteiger partial charge < -0.3 is 10.2 Å². The number of carbonyl (C=O) groups excluding carboxylic acids is 2. The molecular formula is C13H24N2O2. The minimum atomic E-state index is -0.0141. The van der Waals surface area contributed by atoms with Gasteiger partial charge in [0.1, 0.15) is 0 Å². The van der Waals surface area contributed by atoms with Crippen LogP contribution in [0.5, 0.6) is 0 Å². The summed E-state index contributed by atoms with van der Waals surface area (Å²) in [4.78, 5) is 24.9. The number of carbonyl (C=O) groups is 2. The number of piperidine rings is 1. The molecule has 0 aromatic carbocycles. The first-order chi connectivity index (χ1) is 8.00. The minimum Gasteiger partial charge on any atom is -0.356 e. The molecule has 1 aliphatic heterocycles. The second-order valence-electron chi connectivity index (χ2n) is 5.28. The lowest BCUT2D eigenvalue weighted by Crippen LogP contribution is -2.44. The van der Waals surface area contributed by atoms with E-state index >= 15 is 0 Å². The lowest BCUT2D eigenvalue weighted by molar-refractivity contribution is -0.133. The fourth-order valence-corrected chi connectivity index (χ4v) is 2.11. The number of nitrogens with one attached hydrogen (secondary N) is 1. The molecule has 1 heterocycles. The number of likely N-dealkylation sites (tertiary alicyclic amines) is 1. The smallest absolute Gasteiger partial charge is 0.224 e. The van der Waals surface area contributed by atoms with Crippen molar-refractivity contribution in [2.45, 2.75) is 40.0 Å². The summed E-state index contributed by atoms with van der Waals surface area (Å²) in [6.07, 6.45) is 2.84. The molecule has 0 aromatic heterocycles. The molecule has 0 saturated carbocycles. The summed E-state index contributed by atoms with van der Waals surface area (Å²) in [6.45, 7) is 7.98. The van der Waals surface area contributed by atoms with Crippen LogP contribution in [-0.2, 0) is 9.59 Å². The molecule has 2 amide bonds. The van der Waals surface area contributed by atoms with Crippen molar-refractivity contribution < 1.29 is 9.59 Å². The molecule has 0 spiro atoms. The normalized spacial score (nSPS) is 20.5. The molecule has 98 valence electrons. The molecule has 0 bridgehead atoms. The Kier molecular flexibility index (Phi) is 5.45. The van der Waals surface area contributed by atoms with Gasteiger partial charge in [-0.05, 0) is 25.2 Å². The Labute approximate surface area is 104 Å². The van der Waals surface area contributed by atoms with Gasteiger partial charge in [0.2, 0.25) is 11.8 Å². The average molecular weight is 240 g/mol. The van der Waals surface area contributed by atoms with Crippen molar-refractivity contribution in [3.05, 3.63) is 0 Å². The Morgan fingerprint density at radius 2 is 2.12 bits per heavy atom. The number of amides is 2. The molecule has 0 aromatic rings. The van der Waals surface area contributed by atoms with Gasteiger partial charge in [0, 0.05) is 26.6 Å². The maximum atomic E-state index is 11.9. The van der Waals surface area contributed by atoms with Crippen LogP contribution in [0.3, 0.4) is 0 Å². The van der Waals surface area contributed by atoms with Gasteiger partial charge in [-0.15, -0.1) is 0 Å². The molecule has 0 radical (unpaired) electrons. The zero-order chi connectivity index (χ0) is 12.8. The number of hydrogen-bond acceptors (Lipinski definition) is 2. The van der Waals surface area contributed by atoms with E-state index in [-0.39, 0.29) is 17.7 Å². The SMILES string of the molecule is CC(=O)N1CCCC(C(=O)NCCC(C)C)C1. The van der Waals surface area contributed by atoms with E-state index in [0.717, 1.165) is 32.4 Å². The molecule has 1 unspecified atom stereocenters. The Hall–Kier alpha value is -1.06. The highest BCUT2D eigenvalue weighted by molar-refractivity contribution is 5.80. The van der Waals surface area contributed by atoms with Crippen molar-refractivity contribution in [1.29, 1.82) is 0 Å². The zero-order valence-corrected chi connectivity index (χ0v) is 11.2. The number of rotatable bonds is 4. The predicted molar refractivity (Wildman–Crippen MR) is 67.4 cm³/mol. The quantitative estimate of drug-likeness (QED) is 0.807. The van der Waals surface area contributed by atoms with Gasteiger partial charge in [0.15, 0.2) is 0 Å². The molecule has 1 atom stereocenters. The second-order valence-corrected chi connectivity index (χ2v) is 5.28. The highest BCUT2D eigenvalue weighted by atomic mass is 16.2. The van der Waals surface area contributed by atoms with Crippen LogP contribution in [0.4, 0.5) is 0 Å². The van der Waals surface area contributed by atoms with Crippen LogP contribution in [0, 0.1) is 11.8 Å². The molecule has 4 nitrogen and oxygen atoms in total. The summed E-state index contributed by atoms with van der Waals surface area (Å²) in [7, 11) is 0. The Bertz CT molecular complexity index is 277. The Balaban J connectivity index is 2.33. The van der Waals surface area contributed by atoms with E-state index in [1.165, 1.54) is 0 Å². The highest BCUT2D eigenvalue weighted by Gasteiger charge is 2.26. The summed E-state index contributed by atoms with van der Waals surface area (Å²) < 4.78 is 0. The summed E-state index contributed by atoms with van der Waals surface area (Å²) in [5.74, 6) is 0.775. The van der Waals surface area contributed by atoms with Gasteiger partial charge in [0.05, 0.1) is 5.92 Å². The van der Waals surface area contributed by atoms with Crippen molar-refractivity contribution in [2.24, 2.45) is 11.8 Å². The molecule has 1 rings (SSSR count). The van der Waals surface area contributed by atoms with Crippen LogP contribution >= 0.6 is 0 Å². The van der Waals surface area contributed by atoms with E-state index in [0.29, 0.717) is 12.5 Å². The Morgan fingerprint density at radius 3 is 2.71 bits per heavy atom. The van der Waals surface area contributed by atoms with Crippen LogP contribution in [0.1, 0.15) is 40.0 Å². The molecule has 1 N–H and O–H groups in total. The van der Waals surface area contributed by atoms with Gasteiger partial charge in [-0.1, -0.05) is 13.8 Å². The lowest BCUT2D eigenvalue weighted by Gasteiger charge is -2.31. The number of nitrogens with zero attached hydrogens (tertiary/aromatic N) is 1. The van der Waals surface area contributed by atoms with E-state index in [1.807, 2.05) is 0 Å². The van der Waals surface area contributed by atoms with Crippen LogP contribution in [0.15, 0.2) is 0 Å². The zero-order valence-electron chi connectivity index (χ0n) is 11.2. The van der Waals surface area contributed by atoms with E-state index in [1.54, 1.807) is 11.8 Å². The summed E-state index contributed by atoms with van der Waals surface area (Å²) in [6, 6.07) is 0. The molecule has 17 heavy (non-hydrogen) atoms. The van der Waals surface area contributed by atoms with E-state index in [4.69, 9.17) is 0 Å². The van der Waals surface area contributed by atoms with Crippen molar-refractivity contribution in [3.63, 3.8) is 0 Å². The third-order valence-electron chi connectivity index (χ3n) is 3.26. The maximum absolute atomic E-state index is 11.9. The van der Waals surface area contributed by atoms with E-state index < -0.39 is 0 Å². The highest BCUT2D eigenvalue weighted by Crippen LogP contribution is 2.16. The average Bonchev–Trinajstić information content (AvgIpc) is 2.28. The van der Waals surface area contributed by atoms with Crippen LogP contribution in [-0.4, -0.2) is 36.3 Å². The first kappa shape index (κ1) is 14.0. The van der Waals surface area contributed by atoms with E-state index in [2.05, 4.69) is 19.2 Å². The maximum Gasteiger partial charge on any atom is 0.224 e. The fraction of sp³-hybridized carbons (Fsp3) is 0.846. The van der Waals surface area contributed by atoms with Gasteiger partial charge in [-0.3, -0.25) is 9.59 Å². The van der Waals surface area contributed by atoms with Crippen molar-refractivity contribution in [1.82, 2.24) is 10.2 Å². The van der Waals surface area contributed by atoms with Crippen LogP contribution in [0.25, 0.3) is 0 Å². The van der Waals surface area contributed by atoms with E-state index in [9.17, 15) is 9.59 Å². The first-order valence-corrected chi connectivity index (χ1v) is 6.54. The number of hydrogen-bond donors (Lipinski definition) is 1. The third kappa shape index (κ3) is 4.75. The standard InChI is InChI=1S/C13H24N2O2/c1-10(2)6-7-14-13(17)12-5-4-8-15(9-12)11(3)16/h10,12H,4-9H2,1-3H3,(H,14,17). The Morgan fingerprint density at radius 1 is 1.41 bits per heavy atom. The van der Waals surface area contributed by atoms with Crippen molar-refractivity contribution in [2.75, 3.05) is 19.6 Å². The van der Waals surface area contributed by atoms with Crippen molar-refractivity contribution in [3.8, 4) is 0 Å². The minimum absolute atomic E-state index is 0.0141. The molecule has 0 aliphatic carbocycles. The monoisotopic (exact) mass is 240 g/mol. The van der Waals surface area contributed by atoms with Crippen molar-refractivity contribution >= 4 is 11.8 Å². The van der Waals surface area contributed by atoms with Crippen LogP contribution in [0.2, 0.25) is 0 Å². The molecule has 1 saturated heterocycles. The third-order valence-corrected chi connectivity index (χ3v) is 3.26.